The molecule has 2 aromatic heterocycles. The van der Waals surface area contributed by atoms with Gasteiger partial charge in [-0.25, -0.2) is 4.98 Å². The fourth-order valence-electron chi connectivity index (χ4n) is 3.30. The van der Waals surface area contributed by atoms with Gasteiger partial charge in [0.25, 0.3) is 0 Å². The van der Waals surface area contributed by atoms with Crippen molar-refractivity contribution < 1.29 is 4.79 Å². The summed E-state index contributed by atoms with van der Waals surface area (Å²) in [4.78, 5) is 21.7. The van der Waals surface area contributed by atoms with Crippen LogP contribution in [0.1, 0.15) is 25.6 Å². The summed E-state index contributed by atoms with van der Waals surface area (Å²) in [7, 11) is 0. The van der Waals surface area contributed by atoms with Crippen molar-refractivity contribution in [1.29, 1.82) is 0 Å². The van der Waals surface area contributed by atoms with Gasteiger partial charge in [0.15, 0.2) is 0 Å². The molecule has 0 bridgehead atoms. The van der Waals surface area contributed by atoms with E-state index in [4.69, 9.17) is 4.98 Å². The van der Waals surface area contributed by atoms with Crippen LogP contribution < -0.4 is 0 Å². The zero-order chi connectivity index (χ0) is 17.9. The Bertz CT molecular complexity index is 916. The van der Waals surface area contributed by atoms with Crippen LogP contribution in [0.5, 0.6) is 0 Å². The molecule has 1 aliphatic rings. The number of carbonyl (C=O) groups is 1. The first-order valence-electron chi connectivity index (χ1n) is 9.01. The van der Waals surface area contributed by atoms with Crippen molar-refractivity contribution in [2.24, 2.45) is 0 Å². The summed E-state index contributed by atoms with van der Waals surface area (Å²) in [5, 5.41) is 0. The van der Waals surface area contributed by atoms with Gasteiger partial charge >= 0.3 is 0 Å². The van der Waals surface area contributed by atoms with E-state index in [9.17, 15) is 4.79 Å². The molecule has 5 heteroatoms. The first kappa shape index (κ1) is 17.0. The molecule has 1 aromatic carbocycles. The van der Waals surface area contributed by atoms with Crippen molar-refractivity contribution >= 4 is 17.5 Å². The average Bonchev–Trinajstić information content (AvgIpc) is 3.28. The number of benzene rings is 1. The Hall–Kier alpha value is -2.40. The van der Waals surface area contributed by atoms with E-state index >= 15 is 0 Å². The third-order valence-electron chi connectivity index (χ3n) is 4.70. The number of imidazole rings is 1. The molecule has 0 saturated heterocycles. The fourth-order valence-corrected chi connectivity index (χ4v) is 4.17. The predicted molar refractivity (Wildman–Crippen MR) is 105 cm³/mol. The number of ketones is 1. The van der Waals surface area contributed by atoms with E-state index < -0.39 is 0 Å². The SMILES string of the molecule is CCC(=O)CSc1ccc(-c2nc3n(c2-c2ccncc2)CCC3)cc1. The maximum atomic E-state index is 11.5. The van der Waals surface area contributed by atoms with Crippen LogP contribution in [0.4, 0.5) is 0 Å². The monoisotopic (exact) mass is 363 g/mol. The molecule has 4 rings (SSSR count). The summed E-state index contributed by atoms with van der Waals surface area (Å²) in [6.07, 6.45) is 6.45. The van der Waals surface area contributed by atoms with Crippen molar-refractivity contribution in [3.63, 3.8) is 0 Å². The van der Waals surface area contributed by atoms with E-state index in [0.29, 0.717) is 12.2 Å². The summed E-state index contributed by atoms with van der Waals surface area (Å²) in [6.45, 7) is 2.93. The van der Waals surface area contributed by atoms with Crippen molar-refractivity contribution in [2.45, 2.75) is 37.6 Å². The van der Waals surface area contributed by atoms with Crippen molar-refractivity contribution in [3.8, 4) is 22.5 Å². The van der Waals surface area contributed by atoms with Gasteiger partial charge in [-0.1, -0.05) is 19.1 Å². The molecule has 0 unspecified atom stereocenters. The number of nitrogens with zero attached hydrogens (tertiary/aromatic N) is 3. The van der Waals surface area contributed by atoms with Crippen LogP contribution in [0.2, 0.25) is 0 Å². The normalized spacial score (nSPS) is 13.0. The maximum Gasteiger partial charge on any atom is 0.142 e. The molecule has 26 heavy (non-hydrogen) atoms. The lowest BCUT2D eigenvalue weighted by molar-refractivity contribution is -0.116. The summed E-state index contributed by atoms with van der Waals surface area (Å²) in [5.74, 6) is 1.99. The molecule has 0 N–H and O–H groups in total. The first-order chi connectivity index (χ1) is 12.8. The topological polar surface area (TPSA) is 47.8 Å². The number of aryl methyl sites for hydroxylation is 1. The Morgan fingerprint density at radius 3 is 2.62 bits per heavy atom. The maximum absolute atomic E-state index is 11.5. The smallest absolute Gasteiger partial charge is 0.142 e. The highest BCUT2D eigenvalue weighted by atomic mass is 32.2. The van der Waals surface area contributed by atoms with Gasteiger partial charge in [0.05, 0.1) is 17.1 Å². The highest BCUT2D eigenvalue weighted by Crippen LogP contribution is 2.36. The number of hydrogen-bond acceptors (Lipinski definition) is 4. The highest BCUT2D eigenvalue weighted by molar-refractivity contribution is 8.00. The van der Waals surface area contributed by atoms with Gasteiger partial charge in [-0.05, 0) is 30.7 Å². The quantitative estimate of drug-likeness (QED) is 0.599. The van der Waals surface area contributed by atoms with Crippen LogP contribution in [0.3, 0.4) is 0 Å². The largest absolute Gasteiger partial charge is 0.327 e. The molecule has 0 radical (unpaired) electrons. The van der Waals surface area contributed by atoms with Crippen LogP contribution in [-0.4, -0.2) is 26.1 Å². The van der Waals surface area contributed by atoms with Crippen molar-refractivity contribution in [2.75, 3.05) is 5.75 Å². The molecule has 0 fully saturated rings. The fraction of sp³-hybridized carbons (Fsp3) is 0.286. The molecule has 0 saturated carbocycles. The van der Waals surface area contributed by atoms with Crippen LogP contribution in [0.25, 0.3) is 22.5 Å². The number of pyridine rings is 1. The molecular formula is C21H21N3OS. The van der Waals surface area contributed by atoms with Crippen molar-refractivity contribution in [3.05, 3.63) is 54.6 Å². The van der Waals surface area contributed by atoms with E-state index in [2.05, 4.69) is 33.8 Å². The molecule has 1 aliphatic heterocycles. The number of Topliss-reactive ketones (excluding diaryl/α,β-unsaturated/α-hetero) is 1. The predicted octanol–water partition coefficient (Wildman–Crippen LogP) is 4.63. The van der Waals surface area contributed by atoms with Crippen LogP contribution >= 0.6 is 11.8 Å². The Morgan fingerprint density at radius 1 is 1.12 bits per heavy atom. The third-order valence-corrected chi connectivity index (χ3v) is 5.78. The van der Waals surface area contributed by atoms with Crippen LogP contribution in [0.15, 0.2) is 53.7 Å². The molecule has 132 valence electrons. The molecule has 0 amide bonds. The summed E-state index contributed by atoms with van der Waals surface area (Å²) < 4.78 is 2.34. The lowest BCUT2D eigenvalue weighted by atomic mass is 10.1. The number of hydrogen-bond donors (Lipinski definition) is 0. The van der Waals surface area contributed by atoms with E-state index in [-0.39, 0.29) is 5.78 Å². The number of aromatic nitrogens is 3. The summed E-state index contributed by atoms with van der Waals surface area (Å²) in [6, 6.07) is 12.5. The number of thioether (sulfide) groups is 1. The van der Waals surface area contributed by atoms with Gasteiger partial charge in [-0.3, -0.25) is 9.78 Å². The number of carbonyl (C=O) groups excluding carboxylic acids is 1. The highest BCUT2D eigenvalue weighted by Gasteiger charge is 2.23. The lowest BCUT2D eigenvalue weighted by Gasteiger charge is -2.09. The minimum absolute atomic E-state index is 0.282. The van der Waals surface area contributed by atoms with Crippen LogP contribution in [-0.2, 0) is 17.8 Å². The Balaban J connectivity index is 1.67. The zero-order valence-corrected chi connectivity index (χ0v) is 15.6. The van der Waals surface area contributed by atoms with E-state index in [0.717, 1.165) is 41.1 Å². The van der Waals surface area contributed by atoms with E-state index in [1.165, 1.54) is 11.5 Å². The molecule has 0 aliphatic carbocycles. The summed E-state index contributed by atoms with van der Waals surface area (Å²) in [5.41, 5.74) is 4.49. The minimum atomic E-state index is 0.282. The second-order valence-corrected chi connectivity index (χ2v) is 7.47. The van der Waals surface area contributed by atoms with Gasteiger partial charge in [0, 0.05) is 47.8 Å². The van der Waals surface area contributed by atoms with Gasteiger partial charge in [-0.15, -0.1) is 11.8 Å². The average molecular weight is 363 g/mol. The van der Waals surface area contributed by atoms with Gasteiger partial charge in [0.1, 0.15) is 11.6 Å². The molecule has 3 heterocycles. The van der Waals surface area contributed by atoms with E-state index in [1.54, 1.807) is 11.8 Å². The molecule has 0 atom stereocenters. The third kappa shape index (κ3) is 3.31. The minimum Gasteiger partial charge on any atom is -0.327 e. The summed E-state index contributed by atoms with van der Waals surface area (Å²) >= 11 is 1.60. The van der Waals surface area contributed by atoms with Gasteiger partial charge in [-0.2, -0.15) is 0 Å². The standard InChI is InChI=1S/C21H21N3OS/c1-2-17(25)14-26-18-7-5-15(6-8-18)20-21(16-9-11-22-12-10-16)24-13-3-4-19(24)23-20/h5-12H,2-4,13-14H2,1H3. The first-order valence-corrected chi connectivity index (χ1v) is 9.99. The van der Waals surface area contributed by atoms with E-state index in [1.807, 2.05) is 31.5 Å². The van der Waals surface area contributed by atoms with Gasteiger partial charge in [0.2, 0.25) is 0 Å². The number of fused-ring (bicyclic) bond motifs is 1. The number of rotatable bonds is 6. The molecule has 0 spiro atoms. The Morgan fingerprint density at radius 2 is 1.88 bits per heavy atom. The van der Waals surface area contributed by atoms with Crippen LogP contribution in [0, 0.1) is 0 Å². The molecular weight excluding hydrogens is 342 g/mol. The zero-order valence-electron chi connectivity index (χ0n) is 14.8. The van der Waals surface area contributed by atoms with Crippen molar-refractivity contribution in [1.82, 2.24) is 14.5 Å². The Labute approximate surface area is 157 Å². The second kappa shape index (κ2) is 7.46. The molecule has 4 nitrogen and oxygen atoms in total. The van der Waals surface area contributed by atoms with Gasteiger partial charge < -0.3 is 4.57 Å². The second-order valence-electron chi connectivity index (χ2n) is 6.42. The Kier molecular flexibility index (Phi) is 4.89. The lowest BCUT2D eigenvalue weighted by Crippen LogP contribution is -1.97. The molecule has 3 aromatic rings.